The maximum absolute atomic E-state index is 12.6. The predicted molar refractivity (Wildman–Crippen MR) is 146 cm³/mol. The summed E-state index contributed by atoms with van der Waals surface area (Å²) in [6, 6.07) is 6.78. The second-order valence-electron chi connectivity index (χ2n) is 7.98. The Bertz CT molecular complexity index is 997. The highest BCUT2D eigenvalue weighted by atomic mass is 32.2. The van der Waals surface area contributed by atoms with Gasteiger partial charge in [-0.3, -0.25) is 39.0 Å². The minimum atomic E-state index is -0.511. The van der Waals surface area contributed by atoms with Gasteiger partial charge >= 0.3 is 0 Å². The van der Waals surface area contributed by atoms with E-state index in [1.54, 1.807) is 34.1 Å². The molecule has 12 heteroatoms. The average molecular weight is 533 g/mol. The summed E-state index contributed by atoms with van der Waals surface area (Å²) in [5.74, 6) is -0.820. The van der Waals surface area contributed by atoms with Crippen molar-refractivity contribution < 1.29 is 19.2 Å². The largest absolute Gasteiger partial charge is 0.326 e. The molecule has 0 aromatic heterocycles. The van der Waals surface area contributed by atoms with Crippen molar-refractivity contribution in [2.24, 2.45) is 9.98 Å². The lowest BCUT2D eigenvalue weighted by Crippen LogP contribution is -2.33. The van der Waals surface area contributed by atoms with Crippen molar-refractivity contribution in [1.82, 2.24) is 9.80 Å². The van der Waals surface area contributed by atoms with Crippen LogP contribution in [-0.2, 0) is 19.2 Å². The highest BCUT2D eigenvalue weighted by Crippen LogP contribution is 2.31. The molecule has 10 nitrogen and oxygen atoms in total. The van der Waals surface area contributed by atoms with Crippen LogP contribution >= 0.6 is 23.5 Å². The summed E-state index contributed by atoms with van der Waals surface area (Å²) in [7, 11) is 0. The predicted octanol–water partition coefficient (Wildman–Crippen LogP) is 3.02. The van der Waals surface area contributed by atoms with Crippen LogP contribution in [0.2, 0.25) is 0 Å². The van der Waals surface area contributed by atoms with Gasteiger partial charge in [-0.2, -0.15) is 0 Å². The van der Waals surface area contributed by atoms with E-state index in [9.17, 15) is 19.2 Å². The molecular formula is C24H32N6O4S2. The van der Waals surface area contributed by atoms with Gasteiger partial charge in [-0.05, 0) is 45.9 Å². The topological polar surface area (TPSA) is 124 Å². The fraction of sp³-hybridized carbons (Fsp3) is 0.500. The summed E-state index contributed by atoms with van der Waals surface area (Å²) >= 11 is 2.63. The molecule has 4 amide bonds. The van der Waals surface area contributed by atoms with Crippen LogP contribution in [0.1, 0.15) is 40.5 Å². The molecular weight excluding hydrogens is 500 g/mol. The molecule has 2 aliphatic rings. The molecule has 0 bridgehead atoms. The van der Waals surface area contributed by atoms with E-state index in [1.807, 2.05) is 27.7 Å². The van der Waals surface area contributed by atoms with Crippen molar-refractivity contribution in [3.8, 4) is 0 Å². The number of carbonyl (C=O) groups is 4. The summed E-state index contributed by atoms with van der Waals surface area (Å²) < 4.78 is 0. The highest BCUT2D eigenvalue weighted by Gasteiger charge is 2.39. The van der Waals surface area contributed by atoms with Crippen molar-refractivity contribution in [3.63, 3.8) is 0 Å². The Balaban J connectivity index is 1.56. The first kappa shape index (κ1) is 27.7. The first-order valence-corrected chi connectivity index (χ1v) is 13.8. The van der Waals surface area contributed by atoms with Crippen LogP contribution in [0.3, 0.4) is 0 Å². The van der Waals surface area contributed by atoms with Gasteiger partial charge in [-0.25, -0.2) is 0 Å². The second-order valence-corrected chi connectivity index (χ2v) is 10.3. The molecule has 0 saturated carbocycles. The molecule has 1 aromatic rings. The van der Waals surface area contributed by atoms with E-state index >= 15 is 0 Å². The normalized spacial score (nSPS) is 22.1. The molecule has 0 unspecified atom stereocenters. The van der Waals surface area contributed by atoms with Gasteiger partial charge in [-0.1, -0.05) is 29.6 Å². The molecule has 2 atom stereocenters. The third kappa shape index (κ3) is 6.67. The maximum atomic E-state index is 12.6. The van der Waals surface area contributed by atoms with Gasteiger partial charge in [0.05, 0.1) is 0 Å². The summed E-state index contributed by atoms with van der Waals surface area (Å²) in [6.45, 7) is 9.73. The molecule has 2 saturated heterocycles. The van der Waals surface area contributed by atoms with Crippen molar-refractivity contribution in [1.29, 1.82) is 0 Å². The minimum Gasteiger partial charge on any atom is -0.326 e. The molecule has 194 valence electrons. The lowest BCUT2D eigenvalue weighted by molar-refractivity contribution is -0.128. The smallest absolute Gasteiger partial charge is 0.242 e. The molecule has 2 heterocycles. The molecule has 3 rings (SSSR count). The number of aliphatic imine (C=N–C) groups is 2. The minimum absolute atomic E-state index is 0.0237. The number of hydrogen-bond acceptors (Lipinski definition) is 8. The number of anilines is 2. The van der Waals surface area contributed by atoms with Gasteiger partial charge in [-0.15, -0.1) is 0 Å². The van der Waals surface area contributed by atoms with Gasteiger partial charge in [0.2, 0.25) is 23.6 Å². The molecule has 0 spiro atoms. The van der Waals surface area contributed by atoms with Crippen molar-refractivity contribution in [3.05, 3.63) is 24.3 Å². The third-order valence-corrected chi connectivity index (χ3v) is 7.86. The Hall–Kier alpha value is -2.86. The number of rotatable bonds is 10. The maximum Gasteiger partial charge on any atom is 0.242 e. The summed E-state index contributed by atoms with van der Waals surface area (Å²) in [5, 5.41) is 5.89. The van der Waals surface area contributed by atoms with Crippen LogP contribution in [-0.4, -0.2) is 80.4 Å². The Labute approximate surface area is 219 Å². The van der Waals surface area contributed by atoms with E-state index in [1.165, 1.54) is 23.5 Å². The summed E-state index contributed by atoms with van der Waals surface area (Å²) in [6.07, 6.45) is 0.0474. The Morgan fingerprint density at radius 3 is 1.58 bits per heavy atom. The number of thioether (sulfide) groups is 2. The fourth-order valence-corrected chi connectivity index (χ4v) is 6.34. The first-order valence-electron chi connectivity index (χ1n) is 12.1. The monoisotopic (exact) mass is 532 g/mol. The van der Waals surface area contributed by atoms with Crippen molar-refractivity contribution in [2.45, 2.75) is 51.0 Å². The molecule has 36 heavy (non-hydrogen) atoms. The fourth-order valence-electron chi connectivity index (χ4n) is 3.81. The van der Waals surface area contributed by atoms with Gasteiger partial charge in [0.25, 0.3) is 0 Å². The van der Waals surface area contributed by atoms with Crippen LogP contribution < -0.4 is 10.6 Å². The van der Waals surface area contributed by atoms with Gasteiger partial charge in [0, 0.05) is 50.4 Å². The van der Waals surface area contributed by atoms with Crippen molar-refractivity contribution in [2.75, 3.05) is 36.8 Å². The Morgan fingerprint density at radius 2 is 1.22 bits per heavy atom. The van der Waals surface area contributed by atoms with Crippen LogP contribution in [0.25, 0.3) is 0 Å². The zero-order valence-corrected chi connectivity index (χ0v) is 22.6. The molecule has 0 aliphatic carbocycles. The number of nitrogens with zero attached hydrogens (tertiary/aromatic N) is 4. The van der Waals surface area contributed by atoms with Crippen molar-refractivity contribution >= 4 is 68.9 Å². The zero-order chi connectivity index (χ0) is 26.2. The van der Waals surface area contributed by atoms with E-state index in [-0.39, 0.29) is 36.5 Å². The van der Waals surface area contributed by atoms with Gasteiger partial charge < -0.3 is 10.6 Å². The highest BCUT2D eigenvalue weighted by molar-refractivity contribution is 8.15. The Morgan fingerprint density at radius 1 is 0.806 bits per heavy atom. The molecule has 2 N–H and O–H groups in total. The summed E-state index contributed by atoms with van der Waals surface area (Å²) in [4.78, 5) is 62.4. The van der Waals surface area contributed by atoms with Crippen LogP contribution in [0.15, 0.2) is 34.3 Å². The van der Waals surface area contributed by atoms with Gasteiger partial charge in [0.1, 0.15) is 10.5 Å². The summed E-state index contributed by atoms with van der Waals surface area (Å²) in [5.41, 5.74) is 1.01. The lowest BCUT2D eigenvalue weighted by Gasteiger charge is -2.13. The molecule has 2 fully saturated rings. The number of benzene rings is 1. The van der Waals surface area contributed by atoms with E-state index in [0.717, 1.165) is 0 Å². The number of nitrogens with one attached hydrogen (secondary N) is 2. The molecule has 0 radical (unpaired) electrons. The lowest BCUT2D eigenvalue weighted by atomic mass is 10.2. The molecule has 2 aliphatic heterocycles. The first-order chi connectivity index (χ1) is 17.3. The van der Waals surface area contributed by atoms with Crippen LogP contribution in [0.5, 0.6) is 0 Å². The quantitative estimate of drug-likeness (QED) is 0.478. The number of amidine groups is 2. The average Bonchev–Trinajstić information content (AvgIpc) is 3.29. The third-order valence-electron chi connectivity index (χ3n) is 5.43. The number of amides is 4. The Kier molecular flexibility index (Phi) is 9.94. The second kappa shape index (κ2) is 12.9. The van der Waals surface area contributed by atoms with Gasteiger partial charge in [0.15, 0.2) is 10.3 Å². The van der Waals surface area contributed by atoms with Crippen LogP contribution in [0, 0.1) is 0 Å². The van der Waals surface area contributed by atoms with E-state index < -0.39 is 10.5 Å². The van der Waals surface area contributed by atoms with E-state index in [4.69, 9.17) is 0 Å². The standard InChI is InChI=1S/C24H32N6O4S2/c1-5-25-23-29(7-3)21(33)17(35-23)13-19(31)27-15-10-9-11-16(12-15)28-20(32)14-18-22(34)30(8-4)24(36-18)26-6-2/h9-12,17-18H,5-8,13-14H2,1-4H3,(H,27,31)(H,28,32)/t17-,18-/m1/s1. The SMILES string of the molecule is CCN=C1S[C@H](CC(=O)Nc2cccc(NC(=O)C[C@H]3SC(=NCC)N(CC)C3=O)c2)C(=O)N1CC. The van der Waals surface area contributed by atoms with E-state index in [2.05, 4.69) is 20.6 Å². The number of carbonyl (C=O) groups excluding carboxylic acids is 4. The van der Waals surface area contributed by atoms with Crippen LogP contribution in [0.4, 0.5) is 11.4 Å². The zero-order valence-electron chi connectivity index (χ0n) is 20.9. The number of hydrogen-bond donors (Lipinski definition) is 2. The molecule has 1 aromatic carbocycles. The van der Waals surface area contributed by atoms with E-state index in [0.29, 0.717) is 47.9 Å².